The molecule has 0 spiro atoms. The van der Waals surface area contributed by atoms with Crippen LogP contribution in [0.25, 0.3) is 11.1 Å². The normalized spacial score (nSPS) is 10.1. The van der Waals surface area contributed by atoms with Crippen LogP contribution in [0.1, 0.15) is 5.56 Å². The summed E-state index contributed by atoms with van der Waals surface area (Å²) in [7, 11) is 0. The third kappa shape index (κ3) is 2.14. The van der Waals surface area contributed by atoms with Gasteiger partial charge in [-0.1, -0.05) is 58.4 Å². The van der Waals surface area contributed by atoms with Gasteiger partial charge < -0.3 is 5.73 Å². The highest BCUT2D eigenvalue weighted by Gasteiger charge is 2.02. The molecule has 2 aromatic carbocycles. The molecule has 0 saturated carbocycles. The van der Waals surface area contributed by atoms with Crippen LogP contribution in [0.3, 0.4) is 0 Å². The molecule has 0 aliphatic carbocycles. The van der Waals surface area contributed by atoms with E-state index in [2.05, 4.69) is 15.9 Å². The van der Waals surface area contributed by atoms with E-state index in [4.69, 9.17) is 11.1 Å². The number of hydrogen-bond donors (Lipinski definition) is 2. The van der Waals surface area contributed by atoms with E-state index in [-0.39, 0.29) is 5.84 Å². The molecule has 0 atom stereocenters. The number of nitrogens with one attached hydrogen (secondary N) is 1. The van der Waals surface area contributed by atoms with Gasteiger partial charge in [0.15, 0.2) is 0 Å². The average Bonchev–Trinajstić information content (AvgIpc) is 2.30. The monoisotopic (exact) mass is 274 g/mol. The Morgan fingerprint density at radius 3 is 2.19 bits per heavy atom. The molecule has 2 nitrogen and oxygen atoms in total. The molecule has 80 valence electrons. The number of hydrogen-bond acceptors (Lipinski definition) is 1. The van der Waals surface area contributed by atoms with Gasteiger partial charge in [-0.3, -0.25) is 5.41 Å². The lowest BCUT2D eigenvalue weighted by molar-refractivity contribution is 1.42. The van der Waals surface area contributed by atoms with Crippen molar-refractivity contribution < 1.29 is 0 Å². The lowest BCUT2D eigenvalue weighted by atomic mass is 10.0. The smallest absolute Gasteiger partial charge is 0.122 e. The Bertz CT molecular complexity index is 518. The van der Waals surface area contributed by atoms with Gasteiger partial charge in [0.1, 0.15) is 5.84 Å². The van der Waals surface area contributed by atoms with Crippen molar-refractivity contribution in [2.24, 2.45) is 5.73 Å². The molecule has 0 amide bonds. The molecule has 0 fully saturated rings. The van der Waals surface area contributed by atoms with E-state index in [9.17, 15) is 0 Å². The summed E-state index contributed by atoms with van der Waals surface area (Å²) >= 11 is 3.51. The SMILES string of the molecule is N=C(N)c1ccc(-c2ccccc2Br)cc1. The van der Waals surface area contributed by atoms with E-state index in [0.29, 0.717) is 0 Å². The van der Waals surface area contributed by atoms with Crippen LogP contribution >= 0.6 is 15.9 Å². The first-order chi connectivity index (χ1) is 7.68. The molecule has 0 heterocycles. The van der Waals surface area contributed by atoms with E-state index < -0.39 is 0 Å². The maximum atomic E-state index is 7.32. The first kappa shape index (κ1) is 10.9. The molecule has 3 N–H and O–H groups in total. The minimum atomic E-state index is 0.0960. The maximum absolute atomic E-state index is 7.32. The number of benzene rings is 2. The van der Waals surface area contributed by atoms with Crippen LogP contribution in [0.5, 0.6) is 0 Å². The topological polar surface area (TPSA) is 49.9 Å². The van der Waals surface area contributed by atoms with Crippen molar-refractivity contribution in [3.8, 4) is 11.1 Å². The van der Waals surface area contributed by atoms with Gasteiger partial charge in [-0.15, -0.1) is 0 Å². The lowest BCUT2D eigenvalue weighted by Gasteiger charge is -2.05. The van der Waals surface area contributed by atoms with Crippen LogP contribution in [0, 0.1) is 5.41 Å². The highest BCUT2D eigenvalue weighted by atomic mass is 79.9. The Kier molecular flexibility index (Phi) is 3.06. The molecule has 0 unspecified atom stereocenters. The molecule has 0 bridgehead atoms. The van der Waals surface area contributed by atoms with Crippen LogP contribution in [0.15, 0.2) is 53.0 Å². The van der Waals surface area contributed by atoms with E-state index in [1.165, 1.54) is 0 Å². The predicted octanol–water partition coefficient (Wildman–Crippen LogP) is 3.40. The molecule has 0 saturated heterocycles. The van der Waals surface area contributed by atoms with E-state index >= 15 is 0 Å². The van der Waals surface area contributed by atoms with Gasteiger partial charge in [-0.25, -0.2) is 0 Å². The number of rotatable bonds is 2. The zero-order valence-electron chi connectivity index (χ0n) is 8.57. The Balaban J connectivity index is 2.43. The molecule has 16 heavy (non-hydrogen) atoms. The molecule has 3 heteroatoms. The van der Waals surface area contributed by atoms with Crippen LogP contribution in [0.2, 0.25) is 0 Å². The summed E-state index contributed by atoms with van der Waals surface area (Å²) in [5.41, 5.74) is 8.40. The fourth-order valence-corrected chi connectivity index (χ4v) is 2.04. The van der Waals surface area contributed by atoms with Crippen LogP contribution in [0.4, 0.5) is 0 Å². The zero-order valence-corrected chi connectivity index (χ0v) is 10.2. The molecule has 0 radical (unpaired) electrons. The van der Waals surface area contributed by atoms with Crippen molar-refractivity contribution in [3.63, 3.8) is 0 Å². The van der Waals surface area contributed by atoms with Gasteiger partial charge in [0.2, 0.25) is 0 Å². The van der Waals surface area contributed by atoms with Crippen molar-refractivity contribution in [1.82, 2.24) is 0 Å². The number of nitrogen functional groups attached to an aromatic ring is 1. The summed E-state index contributed by atoms with van der Waals surface area (Å²) < 4.78 is 1.06. The standard InChI is InChI=1S/C13H11BrN2/c14-12-4-2-1-3-11(12)9-5-7-10(8-6-9)13(15)16/h1-8H,(H3,15,16). The van der Waals surface area contributed by atoms with Crippen molar-refractivity contribution >= 4 is 21.8 Å². The zero-order chi connectivity index (χ0) is 11.5. The Labute approximate surface area is 103 Å². The van der Waals surface area contributed by atoms with Crippen molar-refractivity contribution in [1.29, 1.82) is 5.41 Å². The van der Waals surface area contributed by atoms with Gasteiger partial charge in [0.25, 0.3) is 0 Å². The summed E-state index contributed by atoms with van der Waals surface area (Å²) in [5, 5.41) is 7.32. The summed E-state index contributed by atoms with van der Waals surface area (Å²) in [6.45, 7) is 0. The second kappa shape index (κ2) is 4.49. The fourth-order valence-electron chi connectivity index (χ4n) is 1.52. The molecular formula is C13H11BrN2. The van der Waals surface area contributed by atoms with Crippen molar-refractivity contribution in [3.05, 3.63) is 58.6 Å². The minimum Gasteiger partial charge on any atom is -0.384 e. The van der Waals surface area contributed by atoms with Crippen molar-refractivity contribution in [2.45, 2.75) is 0 Å². The second-order valence-corrected chi connectivity index (χ2v) is 4.33. The van der Waals surface area contributed by atoms with E-state index in [1.54, 1.807) is 0 Å². The predicted molar refractivity (Wildman–Crippen MR) is 70.6 cm³/mol. The van der Waals surface area contributed by atoms with Crippen LogP contribution < -0.4 is 5.73 Å². The summed E-state index contributed by atoms with van der Waals surface area (Å²) in [5.74, 6) is 0.0960. The van der Waals surface area contributed by atoms with Gasteiger partial charge >= 0.3 is 0 Å². The van der Waals surface area contributed by atoms with Gasteiger partial charge in [0.05, 0.1) is 0 Å². The van der Waals surface area contributed by atoms with Crippen LogP contribution in [-0.4, -0.2) is 5.84 Å². The van der Waals surface area contributed by atoms with E-state index in [1.807, 2.05) is 48.5 Å². The molecular weight excluding hydrogens is 264 g/mol. The largest absolute Gasteiger partial charge is 0.384 e. The fraction of sp³-hybridized carbons (Fsp3) is 0. The Morgan fingerprint density at radius 1 is 1.00 bits per heavy atom. The minimum absolute atomic E-state index is 0.0960. The molecule has 2 aromatic rings. The molecule has 0 aliphatic heterocycles. The number of halogens is 1. The summed E-state index contributed by atoms with van der Waals surface area (Å²) in [4.78, 5) is 0. The Hall–Kier alpha value is -1.61. The van der Waals surface area contributed by atoms with Gasteiger partial charge in [-0.05, 0) is 17.2 Å². The van der Waals surface area contributed by atoms with Gasteiger partial charge in [0, 0.05) is 10.0 Å². The number of amidine groups is 1. The second-order valence-electron chi connectivity index (χ2n) is 3.47. The van der Waals surface area contributed by atoms with E-state index in [0.717, 1.165) is 21.2 Å². The first-order valence-electron chi connectivity index (χ1n) is 4.88. The lowest BCUT2D eigenvalue weighted by Crippen LogP contribution is -2.10. The molecule has 0 aromatic heterocycles. The van der Waals surface area contributed by atoms with Crippen LogP contribution in [-0.2, 0) is 0 Å². The first-order valence-corrected chi connectivity index (χ1v) is 5.67. The highest BCUT2D eigenvalue weighted by Crippen LogP contribution is 2.27. The Morgan fingerprint density at radius 2 is 1.62 bits per heavy atom. The summed E-state index contributed by atoms with van der Waals surface area (Å²) in [6, 6.07) is 15.7. The third-order valence-corrected chi connectivity index (χ3v) is 3.07. The number of nitrogens with two attached hydrogens (primary N) is 1. The highest BCUT2D eigenvalue weighted by molar-refractivity contribution is 9.10. The maximum Gasteiger partial charge on any atom is 0.122 e. The quantitative estimate of drug-likeness (QED) is 0.640. The average molecular weight is 275 g/mol. The summed E-state index contributed by atoms with van der Waals surface area (Å²) in [6.07, 6.45) is 0. The van der Waals surface area contributed by atoms with Gasteiger partial charge in [-0.2, -0.15) is 0 Å². The van der Waals surface area contributed by atoms with Crippen molar-refractivity contribution in [2.75, 3.05) is 0 Å². The molecule has 0 aliphatic rings. The molecule has 2 rings (SSSR count). The third-order valence-electron chi connectivity index (χ3n) is 2.38.